The van der Waals surface area contributed by atoms with Gasteiger partial charge in [-0.1, -0.05) is 15.9 Å². The number of benzene rings is 1. The molecule has 2 N–H and O–H groups in total. The molecule has 0 radical (unpaired) electrons. The molecule has 2 unspecified atom stereocenters. The quantitative estimate of drug-likeness (QED) is 0.855. The Morgan fingerprint density at radius 3 is 2.95 bits per heavy atom. The third-order valence-corrected chi connectivity index (χ3v) is 3.78. The van der Waals surface area contributed by atoms with Gasteiger partial charge in [-0.3, -0.25) is 0 Å². The third kappa shape index (κ3) is 2.35. The fourth-order valence-electron chi connectivity index (χ4n) is 2.39. The topological polar surface area (TPSA) is 78.8 Å². The van der Waals surface area contributed by atoms with Crippen molar-refractivity contribution in [2.45, 2.75) is 25.5 Å². The van der Waals surface area contributed by atoms with E-state index >= 15 is 0 Å². The number of nitrogens with zero attached hydrogens (tertiary/aromatic N) is 4. The molecule has 1 saturated heterocycles. The zero-order valence-corrected chi connectivity index (χ0v) is 12.0. The first kappa shape index (κ1) is 12.6. The van der Waals surface area contributed by atoms with Gasteiger partial charge in [-0.05, 0) is 42.0 Å². The van der Waals surface area contributed by atoms with Crippen molar-refractivity contribution in [3.8, 4) is 11.4 Å². The van der Waals surface area contributed by atoms with Crippen LogP contribution in [0.1, 0.15) is 19.4 Å². The average molecular weight is 324 g/mol. The molecule has 1 aliphatic rings. The molecule has 1 aromatic heterocycles. The fourth-order valence-corrected chi connectivity index (χ4v) is 2.90. The highest BCUT2D eigenvalue weighted by molar-refractivity contribution is 9.10. The molecule has 1 aliphatic heterocycles. The molecule has 100 valence electrons. The number of halogens is 1. The summed E-state index contributed by atoms with van der Waals surface area (Å²) in [7, 11) is 0. The molecule has 1 fully saturated rings. The van der Waals surface area contributed by atoms with Crippen LogP contribution in [-0.2, 0) is 4.74 Å². The van der Waals surface area contributed by atoms with E-state index in [1.807, 2.05) is 29.8 Å². The van der Waals surface area contributed by atoms with Gasteiger partial charge in [0, 0.05) is 22.3 Å². The SMILES string of the molecule is CC1OCCC1n1nnnc1-c1cc(N)cc(Br)c1. The van der Waals surface area contributed by atoms with Crippen LogP contribution in [0.5, 0.6) is 0 Å². The van der Waals surface area contributed by atoms with Crippen LogP contribution < -0.4 is 5.73 Å². The Hall–Kier alpha value is -1.47. The highest BCUT2D eigenvalue weighted by Gasteiger charge is 2.29. The second kappa shape index (κ2) is 4.90. The van der Waals surface area contributed by atoms with Crippen LogP contribution in [0.4, 0.5) is 5.69 Å². The van der Waals surface area contributed by atoms with Gasteiger partial charge in [0.05, 0.1) is 12.1 Å². The maximum Gasteiger partial charge on any atom is 0.182 e. The summed E-state index contributed by atoms with van der Waals surface area (Å²) in [6, 6.07) is 5.84. The number of anilines is 1. The second-order valence-corrected chi connectivity index (χ2v) is 5.57. The lowest BCUT2D eigenvalue weighted by atomic mass is 10.1. The fraction of sp³-hybridized carbons (Fsp3) is 0.417. The largest absolute Gasteiger partial charge is 0.399 e. The van der Waals surface area contributed by atoms with E-state index in [-0.39, 0.29) is 12.1 Å². The molecule has 0 saturated carbocycles. The number of hydrogen-bond acceptors (Lipinski definition) is 5. The molecular weight excluding hydrogens is 310 g/mol. The lowest BCUT2D eigenvalue weighted by molar-refractivity contribution is 0.105. The van der Waals surface area contributed by atoms with Crippen LogP contribution in [-0.4, -0.2) is 32.9 Å². The van der Waals surface area contributed by atoms with E-state index in [2.05, 4.69) is 31.5 Å². The Labute approximate surface area is 119 Å². The van der Waals surface area contributed by atoms with E-state index in [1.54, 1.807) is 0 Å². The van der Waals surface area contributed by atoms with Crippen LogP contribution >= 0.6 is 15.9 Å². The minimum Gasteiger partial charge on any atom is -0.399 e. The van der Waals surface area contributed by atoms with Crippen molar-refractivity contribution in [1.82, 2.24) is 20.2 Å². The molecule has 2 heterocycles. The number of tetrazole rings is 1. The first-order chi connectivity index (χ1) is 9.15. The summed E-state index contributed by atoms with van der Waals surface area (Å²) in [6.07, 6.45) is 1.04. The molecule has 0 bridgehead atoms. The number of ether oxygens (including phenoxy) is 1. The van der Waals surface area contributed by atoms with Gasteiger partial charge in [0.25, 0.3) is 0 Å². The standard InChI is InChI=1S/C12H14BrN5O/c1-7-11(2-3-19-7)18-12(15-16-17-18)8-4-9(13)6-10(14)5-8/h4-7,11H,2-3,14H2,1H3. The molecule has 1 aromatic carbocycles. The van der Waals surface area contributed by atoms with Gasteiger partial charge < -0.3 is 10.5 Å². The molecule has 6 nitrogen and oxygen atoms in total. The Kier molecular flexibility index (Phi) is 3.24. The van der Waals surface area contributed by atoms with E-state index in [4.69, 9.17) is 10.5 Å². The Balaban J connectivity index is 2.04. The Morgan fingerprint density at radius 1 is 1.42 bits per heavy atom. The van der Waals surface area contributed by atoms with Gasteiger partial charge in [-0.25, -0.2) is 4.68 Å². The van der Waals surface area contributed by atoms with Crippen molar-refractivity contribution in [2.24, 2.45) is 0 Å². The van der Waals surface area contributed by atoms with E-state index < -0.39 is 0 Å². The number of nitrogen functional groups attached to an aromatic ring is 1. The van der Waals surface area contributed by atoms with Crippen molar-refractivity contribution in [3.63, 3.8) is 0 Å². The molecule has 0 aliphatic carbocycles. The average Bonchev–Trinajstić information content (AvgIpc) is 2.95. The molecule has 19 heavy (non-hydrogen) atoms. The summed E-state index contributed by atoms with van der Waals surface area (Å²) in [5.41, 5.74) is 7.44. The van der Waals surface area contributed by atoms with E-state index in [0.29, 0.717) is 5.69 Å². The summed E-state index contributed by atoms with van der Waals surface area (Å²) in [5.74, 6) is 0.718. The molecule has 2 atom stereocenters. The van der Waals surface area contributed by atoms with Gasteiger partial charge >= 0.3 is 0 Å². The molecule has 7 heteroatoms. The van der Waals surface area contributed by atoms with E-state index in [0.717, 1.165) is 28.9 Å². The lowest BCUT2D eigenvalue weighted by Crippen LogP contribution is -2.19. The summed E-state index contributed by atoms with van der Waals surface area (Å²) in [5, 5.41) is 12.0. The number of aromatic nitrogens is 4. The molecule has 3 rings (SSSR count). The monoisotopic (exact) mass is 323 g/mol. The van der Waals surface area contributed by atoms with Crippen LogP contribution in [0, 0.1) is 0 Å². The van der Waals surface area contributed by atoms with Crippen molar-refractivity contribution >= 4 is 21.6 Å². The second-order valence-electron chi connectivity index (χ2n) is 4.65. The zero-order chi connectivity index (χ0) is 13.4. The number of hydrogen-bond donors (Lipinski definition) is 1. The predicted molar refractivity (Wildman–Crippen MR) is 74.4 cm³/mol. The van der Waals surface area contributed by atoms with Crippen LogP contribution in [0.3, 0.4) is 0 Å². The summed E-state index contributed by atoms with van der Waals surface area (Å²) < 4.78 is 8.32. The minimum absolute atomic E-state index is 0.117. The van der Waals surface area contributed by atoms with Crippen molar-refractivity contribution in [1.29, 1.82) is 0 Å². The van der Waals surface area contributed by atoms with Crippen LogP contribution in [0.25, 0.3) is 11.4 Å². The Bertz CT molecular complexity index is 579. The molecular formula is C12H14BrN5O. The number of nitrogens with two attached hydrogens (primary N) is 1. The van der Waals surface area contributed by atoms with Crippen LogP contribution in [0.15, 0.2) is 22.7 Å². The van der Waals surface area contributed by atoms with Crippen molar-refractivity contribution < 1.29 is 4.74 Å². The normalized spacial score (nSPS) is 22.8. The predicted octanol–water partition coefficient (Wildman–Crippen LogP) is 2.03. The summed E-state index contributed by atoms with van der Waals surface area (Å²) in [6.45, 7) is 2.78. The van der Waals surface area contributed by atoms with Gasteiger partial charge in [0.1, 0.15) is 0 Å². The van der Waals surface area contributed by atoms with Gasteiger partial charge in [-0.15, -0.1) is 5.10 Å². The maximum absolute atomic E-state index is 5.86. The minimum atomic E-state index is 0.117. The first-order valence-corrected chi connectivity index (χ1v) is 6.90. The molecule has 0 amide bonds. The lowest BCUT2D eigenvalue weighted by Gasteiger charge is -2.15. The van der Waals surface area contributed by atoms with Crippen molar-refractivity contribution in [2.75, 3.05) is 12.3 Å². The number of rotatable bonds is 2. The van der Waals surface area contributed by atoms with E-state index in [9.17, 15) is 0 Å². The van der Waals surface area contributed by atoms with E-state index in [1.165, 1.54) is 0 Å². The molecule has 0 spiro atoms. The summed E-state index contributed by atoms with van der Waals surface area (Å²) in [4.78, 5) is 0. The zero-order valence-electron chi connectivity index (χ0n) is 10.5. The Morgan fingerprint density at radius 2 is 2.26 bits per heavy atom. The maximum atomic E-state index is 5.86. The van der Waals surface area contributed by atoms with Crippen LogP contribution in [0.2, 0.25) is 0 Å². The highest BCUT2D eigenvalue weighted by atomic mass is 79.9. The summed E-state index contributed by atoms with van der Waals surface area (Å²) >= 11 is 3.44. The smallest absolute Gasteiger partial charge is 0.182 e. The van der Waals surface area contributed by atoms with Gasteiger partial charge in [0.2, 0.25) is 0 Å². The van der Waals surface area contributed by atoms with Crippen molar-refractivity contribution in [3.05, 3.63) is 22.7 Å². The highest BCUT2D eigenvalue weighted by Crippen LogP contribution is 2.30. The van der Waals surface area contributed by atoms with Gasteiger partial charge in [-0.2, -0.15) is 0 Å². The molecule has 2 aromatic rings. The third-order valence-electron chi connectivity index (χ3n) is 3.32. The first-order valence-electron chi connectivity index (χ1n) is 6.11. The van der Waals surface area contributed by atoms with Gasteiger partial charge in [0.15, 0.2) is 5.82 Å².